The van der Waals surface area contributed by atoms with E-state index < -0.39 is 0 Å². The monoisotopic (exact) mass is 300 g/mol. The number of aliphatic imine (C=N–C) groups is 1. The van der Waals surface area contributed by atoms with Crippen LogP contribution in [0.2, 0.25) is 0 Å². The first-order chi connectivity index (χ1) is 10.5. The molecule has 0 atom stereocenters. The fourth-order valence-electron chi connectivity index (χ4n) is 2.08. The molecule has 0 radical (unpaired) electrons. The van der Waals surface area contributed by atoms with E-state index in [-0.39, 0.29) is 0 Å². The van der Waals surface area contributed by atoms with E-state index in [1.165, 1.54) is 16.7 Å². The van der Waals surface area contributed by atoms with E-state index in [4.69, 9.17) is 4.74 Å². The number of rotatable bonds is 8. The van der Waals surface area contributed by atoms with Gasteiger partial charge in [0.15, 0.2) is 0 Å². The zero-order valence-corrected chi connectivity index (χ0v) is 14.5. The third-order valence-corrected chi connectivity index (χ3v) is 3.67. The van der Waals surface area contributed by atoms with Gasteiger partial charge in [-0.15, -0.1) is 0 Å². The van der Waals surface area contributed by atoms with Gasteiger partial charge in [0.2, 0.25) is 0 Å². The summed E-state index contributed by atoms with van der Waals surface area (Å²) in [4.78, 5) is 6.12. The van der Waals surface area contributed by atoms with Crippen LogP contribution in [0.5, 0.6) is 0 Å². The van der Waals surface area contributed by atoms with Gasteiger partial charge < -0.3 is 9.64 Å². The second-order valence-electron chi connectivity index (χ2n) is 5.73. The Balaban J connectivity index is 2.92. The van der Waals surface area contributed by atoms with Crippen LogP contribution in [-0.4, -0.2) is 38.9 Å². The van der Waals surface area contributed by atoms with Crippen LogP contribution in [-0.2, 0) is 4.74 Å². The first-order valence-electron chi connectivity index (χ1n) is 7.65. The highest BCUT2D eigenvalue weighted by molar-refractivity contribution is 5.66. The van der Waals surface area contributed by atoms with Gasteiger partial charge in [-0.05, 0) is 42.3 Å². The van der Waals surface area contributed by atoms with Crippen LogP contribution in [0.25, 0.3) is 5.57 Å². The molecule has 0 saturated heterocycles. The normalized spacial score (nSPS) is 12.6. The SMILES string of the molecule is C=N/C(=C\C=C(/C)c1cccc(C(C)C)c1)N(C)CCOC. The third-order valence-electron chi connectivity index (χ3n) is 3.67. The number of allylic oxidation sites excluding steroid dienone is 3. The quantitative estimate of drug-likeness (QED) is 0.527. The van der Waals surface area contributed by atoms with Crippen molar-refractivity contribution in [2.24, 2.45) is 4.99 Å². The maximum atomic E-state index is 5.09. The van der Waals surface area contributed by atoms with Gasteiger partial charge >= 0.3 is 0 Å². The average Bonchev–Trinajstić information content (AvgIpc) is 2.53. The summed E-state index contributed by atoms with van der Waals surface area (Å²) in [5.74, 6) is 1.38. The highest BCUT2D eigenvalue weighted by Gasteiger charge is 2.03. The molecule has 3 heteroatoms. The molecule has 3 nitrogen and oxygen atoms in total. The molecule has 0 fully saturated rings. The lowest BCUT2D eigenvalue weighted by Crippen LogP contribution is -2.21. The molecule has 0 aliphatic rings. The summed E-state index contributed by atoms with van der Waals surface area (Å²) in [6, 6.07) is 8.68. The molecule has 22 heavy (non-hydrogen) atoms. The highest BCUT2D eigenvalue weighted by atomic mass is 16.5. The van der Waals surface area contributed by atoms with Gasteiger partial charge in [-0.2, -0.15) is 0 Å². The summed E-state index contributed by atoms with van der Waals surface area (Å²) in [7, 11) is 3.69. The first-order valence-corrected chi connectivity index (χ1v) is 7.65. The van der Waals surface area contributed by atoms with Crippen LogP contribution in [0, 0.1) is 0 Å². The van der Waals surface area contributed by atoms with Crippen molar-refractivity contribution >= 4 is 12.3 Å². The smallest absolute Gasteiger partial charge is 0.127 e. The van der Waals surface area contributed by atoms with Gasteiger partial charge in [0, 0.05) is 20.7 Å². The number of benzene rings is 1. The maximum Gasteiger partial charge on any atom is 0.127 e. The van der Waals surface area contributed by atoms with Crippen LogP contribution in [0.4, 0.5) is 0 Å². The van der Waals surface area contributed by atoms with Gasteiger partial charge in [-0.1, -0.05) is 44.2 Å². The summed E-state index contributed by atoms with van der Waals surface area (Å²) >= 11 is 0. The number of likely N-dealkylation sites (N-methyl/N-ethyl adjacent to an activating group) is 1. The number of hydrogen-bond acceptors (Lipinski definition) is 3. The van der Waals surface area contributed by atoms with Crippen molar-refractivity contribution in [2.45, 2.75) is 26.7 Å². The molecule has 0 amide bonds. The van der Waals surface area contributed by atoms with E-state index >= 15 is 0 Å². The van der Waals surface area contributed by atoms with E-state index in [0.29, 0.717) is 12.5 Å². The second kappa shape index (κ2) is 9.21. The molecule has 0 aliphatic carbocycles. The van der Waals surface area contributed by atoms with Crippen molar-refractivity contribution < 1.29 is 4.74 Å². The molecule has 0 unspecified atom stereocenters. The Bertz CT molecular complexity index is 544. The Kier molecular flexibility index (Phi) is 7.61. The van der Waals surface area contributed by atoms with Gasteiger partial charge in [-0.3, -0.25) is 0 Å². The largest absolute Gasteiger partial charge is 0.383 e. The molecule has 0 bridgehead atoms. The van der Waals surface area contributed by atoms with Crippen molar-refractivity contribution in [3.63, 3.8) is 0 Å². The lowest BCUT2D eigenvalue weighted by Gasteiger charge is -2.18. The van der Waals surface area contributed by atoms with Crippen molar-refractivity contribution in [3.8, 4) is 0 Å². The lowest BCUT2D eigenvalue weighted by atomic mass is 9.98. The topological polar surface area (TPSA) is 24.8 Å². The zero-order valence-electron chi connectivity index (χ0n) is 14.5. The lowest BCUT2D eigenvalue weighted by molar-refractivity contribution is 0.173. The molecular weight excluding hydrogens is 272 g/mol. The number of methoxy groups -OCH3 is 1. The standard InChI is InChI=1S/C19H28N2O/c1-15(2)17-8-7-9-18(14-17)16(3)10-11-19(20-4)21(5)12-13-22-6/h7-11,14-15H,4,12-13H2,1-3,5-6H3/b16-10+,19-11+. The minimum atomic E-state index is 0.536. The summed E-state index contributed by atoms with van der Waals surface area (Å²) in [5, 5.41) is 0. The molecule has 1 aromatic rings. The fraction of sp³-hybridized carbons (Fsp3) is 0.421. The molecule has 0 aromatic heterocycles. The molecule has 1 rings (SSSR count). The Morgan fingerprint density at radius 2 is 2.09 bits per heavy atom. The maximum absolute atomic E-state index is 5.09. The van der Waals surface area contributed by atoms with Crippen LogP contribution < -0.4 is 0 Å². The Morgan fingerprint density at radius 1 is 1.36 bits per heavy atom. The van der Waals surface area contributed by atoms with Crippen molar-refractivity contribution in [1.82, 2.24) is 4.90 Å². The van der Waals surface area contributed by atoms with Crippen molar-refractivity contribution in [2.75, 3.05) is 27.3 Å². The summed E-state index contributed by atoms with van der Waals surface area (Å²) < 4.78 is 5.09. The molecule has 0 saturated carbocycles. The number of hydrogen-bond donors (Lipinski definition) is 0. The zero-order chi connectivity index (χ0) is 16.5. The van der Waals surface area contributed by atoms with Gasteiger partial charge in [-0.25, -0.2) is 4.99 Å². The predicted molar refractivity (Wildman–Crippen MR) is 96.3 cm³/mol. The fourth-order valence-corrected chi connectivity index (χ4v) is 2.08. The number of ether oxygens (including phenoxy) is 1. The van der Waals surface area contributed by atoms with Crippen LogP contribution in [0.15, 0.2) is 47.2 Å². The molecular formula is C19H28N2O. The van der Waals surface area contributed by atoms with Gasteiger partial charge in [0.05, 0.1) is 6.61 Å². The molecule has 0 N–H and O–H groups in total. The van der Waals surface area contributed by atoms with Crippen LogP contribution in [0.3, 0.4) is 0 Å². The molecule has 1 aromatic carbocycles. The molecule has 120 valence electrons. The Hall–Kier alpha value is -1.87. The van der Waals surface area contributed by atoms with E-state index in [1.54, 1.807) is 7.11 Å². The minimum Gasteiger partial charge on any atom is -0.383 e. The van der Waals surface area contributed by atoms with Crippen molar-refractivity contribution in [3.05, 3.63) is 53.4 Å². The average molecular weight is 300 g/mol. The minimum absolute atomic E-state index is 0.536. The third kappa shape index (κ3) is 5.49. The van der Waals surface area contributed by atoms with E-state index in [0.717, 1.165) is 12.4 Å². The highest BCUT2D eigenvalue weighted by Crippen LogP contribution is 2.21. The van der Waals surface area contributed by atoms with Crippen molar-refractivity contribution in [1.29, 1.82) is 0 Å². The van der Waals surface area contributed by atoms with E-state index in [2.05, 4.69) is 62.8 Å². The van der Waals surface area contributed by atoms with Gasteiger partial charge in [0.25, 0.3) is 0 Å². The molecule has 0 aliphatic heterocycles. The van der Waals surface area contributed by atoms with E-state index in [1.807, 2.05) is 18.0 Å². The summed E-state index contributed by atoms with van der Waals surface area (Å²) in [6.07, 6.45) is 4.09. The van der Waals surface area contributed by atoms with Gasteiger partial charge in [0.1, 0.15) is 5.82 Å². The van der Waals surface area contributed by atoms with Crippen LogP contribution in [0.1, 0.15) is 37.8 Å². The van der Waals surface area contributed by atoms with Crippen LogP contribution >= 0.6 is 0 Å². The first kappa shape index (κ1) is 18.2. The number of nitrogens with zero attached hydrogens (tertiary/aromatic N) is 2. The molecule has 0 spiro atoms. The summed E-state index contributed by atoms with van der Waals surface area (Å²) in [6.45, 7) is 11.6. The Labute approximate surface area is 135 Å². The Morgan fingerprint density at radius 3 is 2.68 bits per heavy atom. The summed E-state index contributed by atoms with van der Waals surface area (Å²) in [5.41, 5.74) is 3.81. The van der Waals surface area contributed by atoms with E-state index in [9.17, 15) is 0 Å². The predicted octanol–water partition coefficient (Wildman–Crippen LogP) is 4.33. The molecule has 0 heterocycles. The second-order valence-corrected chi connectivity index (χ2v) is 5.73.